The molecule has 3 aromatic rings. The molecule has 0 saturated heterocycles. The third kappa shape index (κ3) is 3.86. The first-order valence-corrected chi connectivity index (χ1v) is 9.54. The number of sulfone groups is 1. The summed E-state index contributed by atoms with van der Waals surface area (Å²) in [6, 6.07) is 24.8. The van der Waals surface area contributed by atoms with Gasteiger partial charge in [-0.3, -0.25) is 4.79 Å². The quantitative estimate of drug-likeness (QED) is 0.624. The van der Waals surface area contributed by atoms with E-state index >= 15 is 0 Å². The summed E-state index contributed by atoms with van der Waals surface area (Å²) in [5, 5.41) is -0.710. The lowest BCUT2D eigenvalue weighted by Crippen LogP contribution is -2.16. The zero-order valence-electron chi connectivity index (χ0n) is 13.6. The Labute approximate surface area is 147 Å². The number of hydrogen-bond acceptors (Lipinski definition) is 3. The zero-order valence-corrected chi connectivity index (χ0v) is 14.4. The lowest BCUT2D eigenvalue weighted by Gasteiger charge is -2.19. The van der Waals surface area contributed by atoms with Crippen LogP contribution in [0.2, 0.25) is 0 Å². The number of rotatable bonds is 6. The molecule has 3 rings (SSSR count). The predicted molar refractivity (Wildman–Crippen MR) is 98.3 cm³/mol. The average Bonchev–Trinajstić information content (AvgIpc) is 2.67. The largest absolute Gasteiger partial charge is 0.298 e. The highest BCUT2D eigenvalue weighted by molar-refractivity contribution is 7.91. The molecule has 0 bridgehead atoms. The molecule has 3 aromatic carbocycles. The monoisotopic (exact) mass is 350 g/mol. The van der Waals surface area contributed by atoms with E-state index in [1.165, 1.54) is 0 Å². The summed E-state index contributed by atoms with van der Waals surface area (Å²) in [6.45, 7) is 0. The Morgan fingerprint density at radius 1 is 0.760 bits per heavy atom. The molecule has 25 heavy (non-hydrogen) atoms. The molecule has 0 spiro atoms. The van der Waals surface area contributed by atoms with Gasteiger partial charge in [-0.15, -0.1) is 0 Å². The maximum absolute atomic E-state index is 13.2. The van der Waals surface area contributed by atoms with E-state index in [0.717, 1.165) is 11.8 Å². The van der Waals surface area contributed by atoms with Crippen LogP contribution in [-0.4, -0.2) is 14.7 Å². The van der Waals surface area contributed by atoms with Crippen molar-refractivity contribution in [2.45, 2.75) is 16.6 Å². The Kier molecular flexibility index (Phi) is 5.10. The SMILES string of the molecule is O=Cc1ccc(C(Cc2ccccc2)S(=O)(=O)c2ccccc2)cc1. The maximum Gasteiger partial charge on any atom is 0.185 e. The molecule has 0 aliphatic heterocycles. The van der Waals surface area contributed by atoms with Crippen LogP contribution in [0.15, 0.2) is 89.8 Å². The molecule has 0 fully saturated rings. The molecule has 0 N–H and O–H groups in total. The summed E-state index contributed by atoms with van der Waals surface area (Å²) < 4.78 is 26.4. The van der Waals surface area contributed by atoms with E-state index in [9.17, 15) is 13.2 Å². The number of carbonyl (C=O) groups excluding carboxylic acids is 1. The molecule has 1 unspecified atom stereocenters. The van der Waals surface area contributed by atoms with Gasteiger partial charge < -0.3 is 0 Å². The fraction of sp³-hybridized carbons (Fsp3) is 0.0952. The highest BCUT2D eigenvalue weighted by Gasteiger charge is 2.29. The first-order valence-electron chi connectivity index (χ1n) is 7.99. The van der Waals surface area contributed by atoms with Gasteiger partial charge in [-0.25, -0.2) is 8.42 Å². The molecule has 0 saturated carbocycles. The lowest BCUT2D eigenvalue weighted by atomic mass is 10.0. The molecule has 1 atom stereocenters. The van der Waals surface area contributed by atoms with Gasteiger partial charge in [0.05, 0.1) is 10.1 Å². The fourth-order valence-corrected chi connectivity index (χ4v) is 4.59. The van der Waals surface area contributed by atoms with Crippen molar-refractivity contribution < 1.29 is 13.2 Å². The molecule has 0 radical (unpaired) electrons. The molecule has 0 aromatic heterocycles. The zero-order chi connectivity index (χ0) is 17.7. The normalized spacial score (nSPS) is 12.5. The van der Waals surface area contributed by atoms with Crippen molar-refractivity contribution in [1.82, 2.24) is 0 Å². The molecule has 126 valence electrons. The second-order valence-corrected chi connectivity index (χ2v) is 7.95. The first-order chi connectivity index (χ1) is 12.1. The minimum absolute atomic E-state index is 0.301. The van der Waals surface area contributed by atoms with E-state index in [0.29, 0.717) is 22.4 Å². The molecule has 0 heterocycles. The molecule has 4 heteroatoms. The van der Waals surface area contributed by atoms with Crippen molar-refractivity contribution in [2.75, 3.05) is 0 Å². The van der Waals surface area contributed by atoms with Gasteiger partial charge in [-0.2, -0.15) is 0 Å². The minimum Gasteiger partial charge on any atom is -0.298 e. The van der Waals surface area contributed by atoms with Crippen molar-refractivity contribution >= 4 is 16.1 Å². The maximum atomic E-state index is 13.2. The number of benzene rings is 3. The number of aldehydes is 1. The van der Waals surface area contributed by atoms with Crippen molar-refractivity contribution in [3.8, 4) is 0 Å². The second-order valence-electron chi connectivity index (χ2n) is 5.82. The van der Waals surface area contributed by atoms with Gasteiger partial charge in [-0.1, -0.05) is 72.8 Å². The van der Waals surface area contributed by atoms with Crippen molar-refractivity contribution in [3.05, 3.63) is 102 Å². The van der Waals surface area contributed by atoms with Crippen LogP contribution in [0.1, 0.15) is 26.7 Å². The van der Waals surface area contributed by atoms with Crippen LogP contribution in [0.4, 0.5) is 0 Å². The Hall–Kier alpha value is -2.72. The molecule has 0 amide bonds. The lowest BCUT2D eigenvalue weighted by molar-refractivity contribution is 0.112. The van der Waals surface area contributed by atoms with E-state index < -0.39 is 15.1 Å². The summed E-state index contributed by atoms with van der Waals surface area (Å²) in [6.07, 6.45) is 1.13. The van der Waals surface area contributed by atoms with E-state index in [2.05, 4.69) is 0 Å². The topological polar surface area (TPSA) is 51.2 Å². The summed E-state index contributed by atoms with van der Waals surface area (Å²) in [7, 11) is -3.56. The third-order valence-corrected chi connectivity index (χ3v) is 6.27. The number of hydrogen-bond donors (Lipinski definition) is 0. The van der Waals surface area contributed by atoms with Crippen molar-refractivity contribution in [1.29, 1.82) is 0 Å². The van der Waals surface area contributed by atoms with Crippen molar-refractivity contribution in [2.24, 2.45) is 0 Å². The van der Waals surface area contributed by atoms with E-state index in [4.69, 9.17) is 0 Å². The first kappa shape index (κ1) is 17.1. The molecule has 0 aliphatic carbocycles. The smallest absolute Gasteiger partial charge is 0.185 e. The van der Waals surface area contributed by atoms with Gasteiger partial charge >= 0.3 is 0 Å². The Bertz CT molecular complexity index is 931. The van der Waals surface area contributed by atoms with Crippen LogP contribution in [0, 0.1) is 0 Å². The standard InChI is InChI=1S/C21H18O3S/c22-16-18-11-13-19(14-12-18)21(15-17-7-3-1-4-8-17)25(23,24)20-9-5-2-6-10-20/h1-14,16,21H,15H2. The van der Waals surface area contributed by atoms with Crippen LogP contribution >= 0.6 is 0 Å². The van der Waals surface area contributed by atoms with E-state index in [1.807, 2.05) is 30.3 Å². The van der Waals surface area contributed by atoms with Gasteiger partial charge in [0.2, 0.25) is 0 Å². The number of carbonyl (C=O) groups is 1. The summed E-state index contributed by atoms with van der Waals surface area (Å²) in [5.74, 6) is 0. The van der Waals surface area contributed by atoms with E-state index in [1.54, 1.807) is 54.6 Å². The Morgan fingerprint density at radius 3 is 1.88 bits per heavy atom. The van der Waals surface area contributed by atoms with Gasteiger partial charge in [0.25, 0.3) is 0 Å². The van der Waals surface area contributed by atoms with Crippen LogP contribution in [-0.2, 0) is 16.3 Å². The Morgan fingerprint density at radius 2 is 1.32 bits per heavy atom. The molecular weight excluding hydrogens is 332 g/mol. The fourth-order valence-electron chi connectivity index (χ4n) is 2.80. The van der Waals surface area contributed by atoms with E-state index in [-0.39, 0.29) is 0 Å². The van der Waals surface area contributed by atoms with Gasteiger partial charge in [0.15, 0.2) is 9.84 Å². The summed E-state index contributed by atoms with van der Waals surface area (Å²) >= 11 is 0. The predicted octanol–water partition coefficient (Wildman–Crippen LogP) is 4.26. The minimum atomic E-state index is -3.56. The average molecular weight is 350 g/mol. The van der Waals surface area contributed by atoms with Crippen LogP contribution in [0.25, 0.3) is 0 Å². The molecular formula is C21H18O3S. The third-order valence-electron chi connectivity index (χ3n) is 4.15. The van der Waals surface area contributed by atoms with Gasteiger partial charge in [-0.05, 0) is 29.7 Å². The highest BCUT2D eigenvalue weighted by Crippen LogP contribution is 2.32. The molecule has 3 nitrogen and oxygen atoms in total. The van der Waals surface area contributed by atoms with Crippen LogP contribution in [0.5, 0.6) is 0 Å². The summed E-state index contributed by atoms with van der Waals surface area (Å²) in [4.78, 5) is 11.2. The van der Waals surface area contributed by atoms with Gasteiger partial charge in [0, 0.05) is 5.56 Å². The molecule has 0 aliphatic rings. The highest BCUT2D eigenvalue weighted by atomic mass is 32.2. The Balaban J connectivity index is 2.06. The van der Waals surface area contributed by atoms with Gasteiger partial charge in [0.1, 0.15) is 6.29 Å². The second kappa shape index (κ2) is 7.45. The summed E-state index contributed by atoms with van der Waals surface area (Å²) in [5.41, 5.74) is 2.16. The van der Waals surface area contributed by atoms with Crippen LogP contribution in [0.3, 0.4) is 0 Å². The van der Waals surface area contributed by atoms with Crippen molar-refractivity contribution in [3.63, 3.8) is 0 Å². The van der Waals surface area contributed by atoms with Crippen LogP contribution < -0.4 is 0 Å².